The van der Waals surface area contributed by atoms with Crippen LogP contribution in [0.4, 0.5) is 0 Å². The van der Waals surface area contributed by atoms with Gasteiger partial charge in [0, 0.05) is 8.96 Å². The summed E-state index contributed by atoms with van der Waals surface area (Å²) in [7, 11) is -4.55. The van der Waals surface area contributed by atoms with Gasteiger partial charge in [0.25, 0.3) is 0 Å². The molecular weight excluding hydrogens is 592 g/mol. The lowest BCUT2D eigenvalue weighted by molar-refractivity contribution is 0.527. The molecule has 0 bridgehead atoms. The molecule has 0 heterocycles. The number of rotatable bonds is 16. The largest absolute Gasteiger partial charge is 0.453 e. The summed E-state index contributed by atoms with van der Waals surface area (Å²) < 4.78 is 9.61. The normalized spacial score (nSPS) is 12.7. The first-order valence-corrected chi connectivity index (χ1v) is 18.5. The highest BCUT2D eigenvalue weighted by Crippen LogP contribution is 2.37. The number of allylic oxidation sites excluding steroid dienone is 6. The lowest BCUT2D eigenvalue weighted by Crippen LogP contribution is -2.50. The van der Waals surface area contributed by atoms with Crippen LogP contribution in [0.25, 0.3) is 8.96 Å². The maximum absolute atomic E-state index is 7.42. The van der Waals surface area contributed by atoms with Gasteiger partial charge in [0.15, 0.2) is 16.6 Å². The molecular formula is C30H36Br2OSi2. The molecule has 35 heavy (non-hydrogen) atoms. The smallest absolute Gasteiger partial charge is 0.191 e. The summed E-state index contributed by atoms with van der Waals surface area (Å²) in [5.74, 6) is 0. The molecule has 2 rings (SSSR count). The molecule has 2 aromatic rings. The van der Waals surface area contributed by atoms with Crippen LogP contribution >= 0.6 is 31.9 Å². The molecule has 0 atom stereocenters. The van der Waals surface area contributed by atoms with Crippen molar-refractivity contribution in [1.29, 1.82) is 0 Å². The third-order valence-corrected chi connectivity index (χ3v) is 17.0. The minimum atomic E-state index is -2.27. The molecule has 2 aromatic carbocycles. The van der Waals surface area contributed by atoms with Gasteiger partial charge in [0.1, 0.15) is 0 Å². The highest BCUT2D eigenvalue weighted by molar-refractivity contribution is 9.15. The number of benzene rings is 2. The van der Waals surface area contributed by atoms with E-state index in [0.717, 1.165) is 45.2 Å². The van der Waals surface area contributed by atoms with E-state index in [0.29, 0.717) is 0 Å². The van der Waals surface area contributed by atoms with Gasteiger partial charge in [-0.2, -0.15) is 0 Å². The van der Waals surface area contributed by atoms with Crippen LogP contribution in [0.2, 0.25) is 36.3 Å². The van der Waals surface area contributed by atoms with E-state index in [2.05, 4.69) is 119 Å². The van der Waals surface area contributed by atoms with E-state index in [4.69, 9.17) is 4.12 Å². The van der Waals surface area contributed by atoms with Crippen molar-refractivity contribution >= 4 is 57.5 Å². The molecule has 0 amide bonds. The SMILES string of the molecule is C=CC[Si](CC=C)(CC=C(Br)c1ccccc1)O[Si](CC=C)(CC=C)CC=C(Br)c1ccccc1. The zero-order chi connectivity index (χ0) is 25.6. The fourth-order valence-electron chi connectivity index (χ4n) is 4.24. The lowest BCUT2D eigenvalue weighted by Gasteiger charge is -2.41. The van der Waals surface area contributed by atoms with Crippen LogP contribution in [0.3, 0.4) is 0 Å². The minimum absolute atomic E-state index is 0.872. The van der Waals surface area contributed by atoms with Gasteiger partial charge in [-0.3, -0.25) is 0 Å². The average Bonchev–Trinajstić information content (AvgIpc) is 2.87. The van der Waals surface area contributed by atoms with Crippen molar-refractivity contribution in [2.24, 2.45) is 0 Å². The Morgan fingerprint density at radius 3 is 1.17 bits per heavy atom. The Kier molecular flexibility index (Phi) is 12.9. The van der Waals surface area contributed by atoms with Gasteiger partial charge in [-0.15, -0.1) is 26.3 Å². The lowest BCUT2D eigenvalue weighted by atomic mass is 10.2. The summed E-state index contributed by atoms with van der Waals surface area (Å²) in [6.07, 6.45) is 12.7. The van der Waals surface area contributed by atoms with E-state index in [1.54, 1.807) is 0 Å². The maximum Gasteiger partial charge on any atom is 0.191 e. The van der Waals surface area contributed by atoms with Crippen LogP contribution in [0, 0.1) is 0 Å². The zero-order valence-corrected chi connectivity index (χ0v) is 25.6. The third kappa shape index (κ3) is 9.32. The second-order valence-electron chi connectivity index (χ2n) is 8.68. The standard InChI is InChI=1S/C30H36Br2OSi2/c1-5-21-34(22-6-2,25-19-29(31)27-15-11-9-12-16-27)33-35(23-7-3,24-8-4)26-20-30(32)28-17-13-10-14-18-28/h5-20H,1-4,21-26H2. The van der Waals surface area contributed by atoms with Crippen molar-refractivity contribution in [2.45, 2.75) is 36.3 Å². The van der Waals surface area contributed by atoms with Crippen molar-refractivity contribution in [3.8, 4) is 0 Å². The molecule has 5 heteroatoms. The summed E-state index contributed by atoms with van der Waals surface area (Å²) in [6, 6.07) is 26.0. The molecule has 0 aliphatic rings. The third-order valence-electron chi connectivity index (χ3n) is 5.90. The van der Waals surface area contributed by atoms with Crippen LogP contribution < -0.4 is 0 Å². The first-order valence-electron chi connectivity index (χ1n) is 11.9. The van der Waals surface area contributed by atoms with Crippen molar-refractivity contribution in [3.63, 3.8) is 0 Å². The van der Waals surface area contributed by atoms with Crippen molar-refractivity contribution in [2.75, 3.05) is 0 Å². The molecule has 0 saturated heterocycles. The first kappa shape index (κ1) is 29.5. The molecule has 0 aliphatic carbocycles. The Morgan fingerprint density at radius 2 is 0.886 bits per heavy atom. The molecule has 1 nitrogen and oxygen atoms in total. The molecule has 0 saturated carbocycles. The minimum Gasteiger partial charge on any atom is -0.453 e. The van der Waals surface area contributed by atoms with Crippen LogP contribution in [-0.2, 0) is 4.12 Å². The van der Waals surface area contributed by atoms with Gasteiger partial charge < -0.3 is 4.12 Å². The van der Waals surface area contributed by atoms with E-state index < -0.39 is 16.6 Å². The van der Waals surface area contributed by atoms with Crippen LogP contribution in [0.15, 0.2) is 123 Å². The molecule has 0 spiro atoms. The second-order valence-corrected chi connectivity index (χ2v) is 18.4. The number of hydrogen-bond acceptors (Lipinski definition) is 1. The number of halogens is 2. The Balaban J connectivity index is 2.43. The summed E-state index contributed by atoms with van der Waals surface area (Å²) in [6.45, 7) is 16.4. The summed E-state index contributed by atoms with van der Waals surface area (Å²) in [5.41, 5.74) is 2.34. The molecule has 0 radical (unpaired) electrons. The monoisotopic (exact) mass is 626 g/mol. The molecule has 0 N–H and O–H groups in total. The van der Waals surface area contributed by atoms with E-state index in [-0.39, 0.29) is 0 Å². The van der Waals surface area contributed by atoms with Gasteiger partial charge in [-0.05, 0) is 47.4 Å². The highest BCUT2D eigenvalue weighted by Gasteiger charge is 2.42. The van der Waals surface area contributed by atoms with Crippen LogP contribution in [-0.4, -0.2) is 16.6 Å². The molecule has 0 fully saturated rings. The predicted octanol–water partition coefficient (Wildman–Crippen LogP) is 10.5. The first-order chi connectivity index (χ1) is 16.9. The van der Waals surface area contributed by atoms with E-state index in [1.807, 2.05) is 36.4 Å². The van der Waals surface area contributed by atoms with Crippen LogP contribution in [0.1, 0.15) is 11.1 Å². The Bertz CT molecular complexity index is 925. The fourth-order valence-corrected chi connectivity index (χ4v) is 15.6. The van der Waals surface area contributed by atoms with Crippen LogP contribution in [0.5, 0.6) is 0 Å². The molecule has 0 aliphatic heterocycles. The van der Waals surface area contributed by atoms with Crippen molar-refractivity contribution in [3.05, 3.63) is 135 Å². The topological polar surface area (TPSA) is 9.23 Å². The van der Waals surface area contributed by atoms with Crippen molar-refractivity contribution < 1.29 is 4.12 Å². The highest BCUT2D eigenvalue weighted by atomic mass is 79.9. The Morgan fingerprint density at radius 1 is 0.571 bits per heavy atom. The van der Waals surface area contributed by atoms with E-state index >= 15 is 0 Å². The predicted molar refractivity (Wildman–Crippen MR) is 169 cm³/mol. The fraction of sp³-hybridized carbons (Fsp3) is 0.200. The van der Waals surface area contributed by atoms with E-state index in [1.165, 1.54) is 11.1 Å². The zero-order valence-electron chi connectivity index (χ0n) is 20.5. The Hall–Kier alpha value is -1.77. The van der Waals surface area contributed by atoms with Gasteiger partial charge in [-0.25, -0.2) is 0 Å². The van der Waals surface area contributed by atoms with Gasteiger partial charge in [0.2, 0.25) is 0 Å². The van der Waals surface area contributed by atoms with E-state index in [9.17, 15) is 0 Å². The number of hydrogen-bond donors (Lipinski definition) is 0. The summed E-state index contributed by atoms with van der Waals surface area (Å²) >= 11 is 7.59. The average molecular weight is 629 g/mol. The molecule has 184 valence electrons. The Labute approximate surface area is 231 Å². The van der Waals surface area contributed by atoms with Gasteiger partial charge >= 0.3 is 0 Å². The van der Waals surface area contributed by atoms with Gasteiger partial charge in [0.05, 0.1) is 0 Å². The molecule has 0 aromatic heterocycles. The summed E-state index contributed by atoms with van der Waals surface area (Å²) in [5, 5.41) is 0. The second kappa shape index (κ2) is 15.4. The van der Waals surface area contributed by atoms with Gasteiger partial charge in [-0.1, -0.05) is 129 Å². The quantitative estimate of drug-likeness (QED) is 0.133. The maximum atomic E-state index is 7.42. The van der Waals surface area contributed by atoms with Crippen molar-refractivity contribution in [1.82, 2.24) is 0 Å². The molecule has 0 unspecified atom stereocenters. The summed E-state index contributed by atoms with van der Waals surface area (Å²) in [4.78, 5) is 0.